The van der Waals surface area contributed by atoms with Crippen LogP contribution in [-0.4, -0.2) is 29.4 Å². The third-order valence-corrected chi connectivity index (χ3v) is 4.70. The molecule has 0 radical (unpaired) electrons. The van der Waals surface area contributed by atoms with E-state index >= 15 is 0 Å². The number of rotatable bonds is 7. The number of hydrogen-bond acceptors (Lipinski definition) is 3. The van der Waals surface area contributed by atoms with Gasteiger partial charge in [0.15, 0.2) is 0 Å². The van der Waals surface area contributed by atoms with Crippen LogP contribution in [-0.2, 0) is 6.42 Å². The van der Waals surface area contributed by atoms with Crippen molar-refractivity contribution in [2.45, 2.75) is 38.6 Å². The third kappa shape index (κ3) is 3.28. The van der Waals surface area contributed by atoms with Crippen molar-refractivity contribution >= 4 is 12.1 Å². The maximum Gasteiger partial charge on any atom is 0.248 e. The maximum absolute atomic E-state index is 11.1. The Balaban J connectivity index is 2.07. The first-order valence-corrected chi connectivity index (χ1v) is 7.63. The second-order valence-electron chi connectivity index (χ2n) is 6.48. The van der Waals surface area contributed by atoms with Crippen molar-refractivity contribution in [1.82, 2.24) is 0 Å². The number of aliphatic hydroxyl groups is 1. The van der Waals surface area contributed by atoms with E-state index in [-0.39, 0.29) is 17.6 Å². The van der Waals surface area contributed by atoms with Crippen LogP contribution in [0.25, 0.3) is 0 Å². The number of aryl methyl sites for hydroxylation is 1. The summed E-state index contributed by atoms with van der Waals surface area (Å²) in [5.41, 5.74) is 6.56. The Labute approximate surface area is 131 Å². The van der Waals surface area contributed by atoms with Gasteiger partial charge in [0.05, 0.1) is 5.54 Å². The molecular formula is C18H24N2O2. The third-order valence-electron chi connectivity index (χ3n) is 4.70. The largest absolute Gasteiger partial charge is 0.396 e. The number of primary amides is 1. The molecule has 0 aromatic heterocycles. The minimum absolute atomic E-state index is 0.0679. The lowest BCUT2D eigenvalue weighted by molar-refractivity contribution is 0.100. The van der Waals surface area contributed by atoms with Crippen LogP contribution in [0, 0.1) is 5.41 Å². The smallest absolute Gasteiger partial charge is 0.248 e. The number of amides is 1. The molecule has 0 fully saturated rings. The lowest BCUT2D eigenvalue weighted by Crippen LogP contribution is -2.41. The van der Waals surface area contributed by atoms with Gasteiger partial charge in [0, 0.05) is 18.4 Å². The van der Waals surface area contributed by atoms with E-state index in [0.717, 1.165) is 12.8 Å². The van der Waals surface area contributed by atoms with Crippen molar-refractivity contribution in [3.05, 3.63) is 47.5 Å². The van der Waals surface area contributed by atoms with Gasteiger partial charge in [-0.05, 0) is 48.4 Å². The van der Waals surface area contributed by atoms with E-state index in [4.69, 9.17) is 5.73 Å². The van der Waals surface area contributed by atoms with Crippen molar-refractivity contribution in [2.75, 3.05) is 6.61 Å². The fraction of sp³-hybridized carbons (Fsp3) is 0.444. The SMILES string of the molecule is CC(C)(CCc1ccc(C(N)=O)cc1)C1(CCO)C=CC=N1. The van der Waals surface area contributed by atoms with E-state index in [1.54, 1.807) is 12.1 Å². The molecule has 1 amide bonds. The molecule has 1 aromatic carbocycles. The highest BCUT2D eigenvalue weighted by Crippen LogP contribution is 2.43. The molecule has 1 heterocycles. The first kappa shape index (κ1) is 16.4. The van der Waals surface area contributed by atoms with E-state index in [9.17, 15) is 9.90 Å². The number of aliphatic hydroxyl groups excluding tert-OH is 1. The van der Waals surface area contributed by atoms with E-state index in [1.165, 1.54) is 5.56 Å². The molecular weight excluding hydrogens is 276 g/mol. The van der Waals surface area contributed by atoms with Gasteiger partial charge in [-0.15, -0.1) is 0 Å². The van der Waals surface area contributed by atoms with Crippen molar-refractivity contribution in [3.63, 3.8) is 0 Å². The van der Waals surface area contributed by atoms with Gasteiger partial charge in [-0.1, -0.05) is 32.1 Å². The molecule has 4 heteroatoms. The number of hydrogen-bond donors (Lipinski definition) is 2. The topological polar surface area (TPSA) is 75.7 Å². The number of allylic oxidation sites excluding steroid dienone is 1. The summed E-state index contributed by atoms with van der Waals surface area (Å²) in [5.74, 6) is -0.404. The number of nitrogens with two attached hydrogens (primary N) is 1. The minimum Gasteiger partial charge on any atom is -0.396 e. The number of aliphatic imine (C=N–C) groups is 1. The molecule has 1 aliphatic heterocycles. The molecule has 0 bridgehead atoms. The summed E-state index contributed by atoms with van der Waals surface area (Å²) in [6, 6.07) is 7.43. The van der Waals surface area contributed by atoms with Gasteiger partial charge in [0.2, 0.25) is 5.91 Å². The van der Waals surface area contributed by atoms with Gasteiger partial charge in [-0.2, -0.15) is 0 Å². The van der Waals surface area contributed by atoms with Crippen LogP contribution in [0.1, 0.15) is 42.6 Å². The van der Waals surface area contributed by atoms with Gasteiger partial charge in [-0.25, -0.2) is 0 Å². The molecule has 3 N–H and O–H groups in total. The average Bonchev–Trinajstić information content (AvgIpc) is 2.96. The highest BCUT2D eigenvalue weighted by molar-refractivity contribution is 5.92. The van der Waals surface area contributed by atoms with E-state index < -0.39 is 5.91 Å². The summed E-state index contributed by atoms with van der Waals surface area (Å²) < 4.78 is 0. The quantitative estimate of drug-likeness (QED) is 0.811. The van der Waals surface area contributed by atoms with Crippen molar-refractivity contribution in [1.29, 1.82) is 0 Å². The Hall–Kier alpha value is -1.94. The second-order valence-corrected chi connectivity index (χ2v) is 6.48. The van der Waals surface area contributed by atoms with Crippen LogP contribution < -0.4 is 5.73 Å². The fourth-order valence-corrected chi connectivity index (χ4v) is 2.99. The fourth-order valence-electron chi connectivity index (χ4n) is 2.99. The summed E-state index contributed by atoms with van der Waals surface area (Å²) >= 11 is 0. The van der Waals surface area contributed by atoms with Crippen LogP contribution in [0.15, 0.2) is 41.4 Å². The summed E-state index contributed by atoms with van der Waals surface area (Å²) in [6.07, 6.45) is 8.33. The predicted molar refractivity (Wildman–Crippen MR) is 89.1 cm³/mol. The van der Waals surface area contributed by atoms with Crippen LogP contribution in [0.5, 0.6) is 0 Å². The molecule has 1 atom stereocenters. The molecule has 0 aliphatic carbocycles. The van der Waals surface area contributed by atoms with E-state index in [2.05, 4.69) is 24.9 Å². The molecule has 1 aromatic rings. The van der Waals surface area contributed by atoms with Crippen molar-refractivity contribution in [2.24, 2.45) is 16.1 Å². The number of carbonyl (C=O) groups excluding carboxylic acids is 1. The summed E-state index contributed by atoms with van der Waals surface area (Å²) in [5, 5.41) is 9.37. The predicted octanol–water partition coefficient (Wildman–Crippen LogP) is 2.51. The van der Waals surface area contributed by atoms with Gasteiger partial charge in [-0.3, -0.25) is 9.79 Å². The monoisotopic (exact) mass is 300 g/mol. The number of nitrogens with zero attached hydrogens (tertiary/aromatic N) is 1. The van der Waals surface area contributed by atoms with Gasteiger partial charge in [0.25, 0.3) is 0 Å². The number of carbonyl (C=O) groups is 1. The van der Waals surface area contributed by atoms with E-state index in [0.29, 0.717) is 12.0 Å². The van der Waals surface area contributed by atoms with Crippen LogP contribution >= 0.6 is 0 Å². The van der Waals surface area contributed by atoms with Crippen LogP contribution in [0.4, 0.5) is 0 Å². The van der Waals surface area contributed by atoms with Crippen molar-refractivity contribution in [3.8, 4) is 0 Å². The summed E-state index contributed by atoms with van der Waals surface area (Å²) in [7, 11) is 0. The van der Waals surface area contributed by atoms with Gasteiger partial charge in [0.1, 0.15) is 0 Å². The van der Waals surface area contributed by atoms with Crippen molar-refractivity contribution < 1.29 is 9.90 Å². The zero-order chi connectivity index (χ0) is 16.2. The molecule has 1 unspecified atom stereocenters. The Kier molecular flexibility index (Phi) is 4.81. The normalized spacial score (nSPS) is 20.5. The molecule has 2 rings (SSSR count). The highest BCUT2D eigenvalue weighted by atomic mass is 16.3. The first-order chi connectivity index (χ1) is 10.4. The highest BCUT2D eigenvalue weighted by Gasteiger charge is 2.42. The lowest BCUT2D eigenvalue weighted by Gasteiger charge is -2.41. The molecule has 1 aliphatic rings. The molecule has 0 saturated heterocycles. The number of benzene rings is 1. The zero-order valence-electron chi connectivity index (χ0n) is 13.2. The summed E-state index contributed by atoms with van der Waals surface area (Å²) in [4.78, 5) is 15.7. The van der Waals surface area contributed by atoms with Gasteiger partial charge < -0.3 is 10.8 Å². The second kappa shape index (κ2) is 6.44. The summed E-state index contributed by atoms with van der Waals surface area (Å²) in [6.45, 7) is 4.50. The molecule has 22 heavy (non-hydrogen) atoms. The molecule has 4 nitrogen and oxygen atoms in total. The molecule has 0 spiro atoms. The Morgan fingerprint density at radius 1 is 1.32 bits per heavy atom. The van der Waals surface area contributed by atoms with Crippen LogP contribution in [0.3, 0.4) is 0 Å². The zero-order valence-corrected chi connectivity index (χ0v) is 13.2. The molecule has 0 saturated carbocycles. The lowest BCUT2D eigenvalue weighted by atomic mass is 9.68. The maximum atomic E-state index is 11.1. The Bertz CT molecular complexity index is 574. The standard InChI is InChI=1S/C18H24N2O2/c1-17(2,18(11-13-21)9-3-12-20-18)10-8-14-4-6-15(7-5-14)16(19)22/h3-7,9,12,21H,8,10-11,13H2,1-2H3,(H2,19,22). The van der Waals surface area contributed by atoms with Crippen LogP contribution in [0.2, 0.25) is 0 Å². The van der Waals surface area contributed by atoms with E-state index in [1.807, 2.05) is 24.4 Å². The first-order valence-electron chi connectivity index (χ1n) is 7.63. The average molecular weight is 300 g/mol. The Morgan fingerprint density at radius 2 is 2.00 bits per heavy atom. The molecule has 118 valence electrons. The Morgan fingerprint density at radius 3 is 2.50 bits per heavy atom. The minimum atomic E-state index is -0.404. The van der Waals surface area contributed by atoms with Gasteiger partial charge >= 0.3 is 0 Å².